The summed E-state index contributed by atoms with van der Waals surface area (Å²) in [7, 11) is 2.36. The first-order valence-electron chi connectivity index (χ1n) is 15.7. The third-order valence-corrected chi connectivity index (χ3v) is 7.25. The number of hydrogen-bond acceptors (Lipinski definition) is 3. The molecule has 0 aromatic carbocycles. The van der Waals surface area contributed by atoms with E-state index >= 15 is 0 Å². The first kappa shape index (κ1) is 38.3. The molecule has 220 valence electrons. The Balaban J connectivity index is 0. The third-order valence-electron chi connectivity index (χ3n) is 7.25. The molecule has 0 bridgehead atoms. The van der Waals surface area contributed by atoms with Crippen molar-refractivity contribution >= 4 is 0 Å². The number of unbranched alkanes of at least 4 members (excludes halogenated alkanes) is 15. The molecule has 0 atom stereocenters. The van der Waals surface area contributed by atoms with Gasteiger partial charge in [-0.15, -0.1) is 0 Å². The van der Waals surface area contributed by atoms with Crippen LogP contribution in [0.15, 0.2) is 0 Å². The summed E-state index contributed by atoms with van der Waals surface area (Å²) in [6.07, 6.45) is 23.8. The molecular weight excluding hydrogens is 470 g/mol. The van der Waals surface area contributed by atoms with Crippen LogP contribution in [0.2, 0.25) is 0 Å². The lowest BCUT2D eigenvalue weighted by Gasteiger charge is -2.34. The fraction of sp³-hybridized carbons (Fsp3) is 1.00. The number of nitrogens with zero attached hydrogens (tertiary/aromatic N) is 1. The Morgan fingerprint density at radius 3 is 0.889 bits per heavy atom. The van der Waals surface area contributed by atoms with Gasteiger partial charge in [-0.25, -0.2) is 0 Å². The average molecular weight is 536 g/mol. The second-order valence-electron chi connectivity index (χ2n) is 10.9. The Kier molecular flexibility index (Phi) is 33.3. The van der Waals surface area contributed by atoms with Crippen LogP contribution in [0.4, 0.5) is 0 Å². The number of quaternary nitrogens is 1. The quantitative estimate of drug-likeness (QED) is 0.0889. The van der Waals surface area contributed by atoms with Gasteiger partial charge in [-0.3, -0.25) is 0 Å². The van der Waals surface area contributed by atoms with Crippen molar-refractivity contribution in [2.45, 2.75) is 136 Å². The van der Waals surface area contributed by atoms with Crippen LogP contribution in [0.5, 0.6) is 0 Å². The second-order valence-corrected chi connectivity index (χ2v) is 10.9. The predicted octanol–water partition coefficient (Wildman–Crippen LogP) is 5.57. The normalized spacial score (nSPS) is 11.7. The van der Waals surface area contributed by atoms with Crippen LogP contribution in [0.3, 0.4) is 0 Å². The second kappa shape index (κ2) is 31.3. The Morgan fingerprint density at radius 1 is 0.361 bits per heavy atom. The Hall–Kier alpha value is 0.130. The molecule has 0 aliphatic carbocycles. The van der Waals surface area contributed by atoms with Gasteiger partial charge in [0.25, 0.3) is 0 Å². The van der Waals surface area contributed by atoms with Crippen molar-refractivity contribution in [3.63, 3.8) is 0 Å². The molecule has 0 radical (unpaired) electrons. The van der Waals surface area contributed by atoms with Crippen LogP contribution in [-0.2, 0) is 14.2 Å². The molecule has 36 heavy (non-hydrogen) atoms. The van der Waals surface area contributed by atoms with E-state index in [0.29, 0.717) is 0 Å². The zero-order valence-electron chi connectivity index (χ0n) is 25.1. The summed E-state index contributed by atoms with van der Waals surface area (Å²) in [5.74, 6) is 0. The van der Waals surface area contributed by atoms with Crippen molar-refractivity contribution < 1.29 is 31.1 Å². The van der Waals surface area contributed by atoms with Crippen molar-refractivity contribution in [2.75, 3.05) is 66.3 Å². The van der Waals surface area contributed by atoms with E-state index in [-0.39, 0.29) is 12.4 Å². The van der Waals surface area contributed by atoms with Crippen molar-refractivity contribution in [1.82, 2.24) is 0 Å². The van der Waals surface area contributed by atoms with Gasteiger partial charge in [-0.05, 0) is 19.3 Å². The van der Waals surface area contributed by atoms with Crippen molar-refractivity contribution in [2.24, 2.45) is 0 Å². The first-order chi connectivity index (χ1) is 17.2. The van der Waals surface area contributed by atoms with Gasteiger partial charge in [-0.1, -0.05) is 117 Å². The molecule has 0 fully saturated rings. The number of halogens is 1. The summed E-state index contributed by atoms with van der Waals surface area (Å²) in [5, 5.41) is 0. The molecule has 0 heterocycles. The minimum Gasteiger partial charge on any atom is -1.00 e. The van der Waals surface area contributed by atoms with E-state index in [1.807, 2.05) is 0 Å². The summed E-state index contributed by atoms with van der Waals surface area (Å²) in [4.78, 5) is 0. The van der Waals surface area contributed by atoms with Crippen LogP contribution in [0.25, 0.3) is 0 Å². The number of likely N-dealkylation sites (N-methyl/N-ethyl adjacent to an activating group) is 1. The molecule has 0 aromatic rings. The van der Waals surface area contributed by atoms with Gasteiger partial charge >= 0.3 is 0 Å². The SMILES string of the molecule is CCCCCCCCOCC[N+](C)(CCOCCCCCCCC)CCOCCCCCCCC.[Cl-]. The van der Waals surface area contributed by atoms with Crippen LogP contribution in [0.1, 0.15) is 136 Å². The van der Waals surface area contributed by atoms with Gasteiger partial charge in [0.15, 0.2) is 0 Å². The molecule has 0 spiro atoms. The van der Waals surface area contributed by atoms with Gasteiger partial charge in [0.2, 0.25) is 0 Å². The molecule has 0 aliphatic heterocycles. The lowest BCUT2D eigenvalue weighted by atomic mass is 10.1. The molecule has 0 saturated carbocycles. The maximum Gasteiger partial charge on any atom is 0.102 e. The number of rotatable bonds is 30. The molecule has 0 saturated heterocycles. The molecule has 0 rings (SSSR count). The van der Waals surface area contributed by atoms with E-state index in [1.54, 1.807) is 0 Å². The fourth-order valence-electron chi connectivity index (χ4n) is 4.45. The number of hydrogen-bond donors (Lipinski definition) is 0. The van der Waals surface area contributed by atoms with Crippen LogP contribution < -0.4 is 12.4 Å². The van der Waals surface area contributed by atoms with Crippen molar-refractivity contribution in [1.29, 1.82) is 0 Å². The molecule has 0 aromatic heterocycles. The van der Waals surface area contributed by atoms with Gasteiger partial charge in [0, 0.05) is 19.8 Å². The summed E-state index contributed by atoms with van der Waals surface area (Å²) < 4.78 is 19.1. The molecule has 4 nitrogen and oxygen atoms in total. The summed E-state index contributed by atoms with van der Waals surface area (Å²) in [6, 6.07) is 0. The average Bonchev–Trinajstić information content (AvgIpc) is 2.86. The van der Waals surface area contributed by atoms with E-state index in [9.17, 15) is 0 Å². The molecule has 0 N–H and O–H groups in total. The predicted molar refractivity (Wildman–Crippen MR) is 153 cm³/mol. The van der Waals surface area contributed by atoms with Crippen molar-refractivity contribution in [3.05, 3.63) is 0 Å². The summed E-state index contributed by atoms with van der Waals surface area (Å²) in [5.41, 5.74) is 0. The van der Waals surface area contributed by atoms with E-state index in [1.165, 1.54) is 116 Å². The lowest BCUT2D eigenvalue weighted by Crippen LogP contribution is -3.00. The largest absolute Gasteiger partial charge is 1.00 e. The zero-order valence-corrected chi connectivity index (χ0v) is 25.9. The van der Waals surface area contributed by atoms with Gasteiger partial charge < -0.3 is 31.1 Å². The maximum absolute atomic E-state index is 6.02. The minimum absolute atomic E-state index is 0. The molecule has 5 heteroatoms. The van der Waals surface area contributed by atoms with Crippen LogP contribution >= 0.6 is 0 Å². The minimum atomic E-state index is 0. The highest BCUT2D eigenvalue weighted by Gasteiger charge is 2.21. The van der Waals surface area contributed by atoms with Crippen LogP contribution in [-0.4, -0.2) is 70.8 Å². The van der Waals surface area contributed by atoms with E-state index < -0.39 is 0 Å². The van der Waals surface area contributed by atoms with Gasteiger partial charge in [0.05, 0.1) is 26.9 Å². The number of ether oxygens (including phenoxy) is 3. The lowest BCUT2D eigenvalue weighted by molar-refractivity contribution is -0.910. The van der Waals surface area contributed by atoms with E-state index in [0.717, 1.165) is 63.8 Å². The fourth-order valence-corrected chi connectivity index (χ4v) is 4.45. The van der Waals surface area contributed by atoms with Gasteiger partial charge in [0.1, 0.15) is 19.6 Å². The van der Waals surface area contributed by atoms with Crippen molar-refractivity contribution in [3.8, 4) is 0 Å². The standard InChI is InChI=1S/C31H66NO3.ClH/c1-5-8-11-14-17-20-26-33-29-23-32(4,24-30-34-27-21-18-15-12-9-6-2)25-31-35-28-22-19-16-13-10-7-3;/h5-31H2,1-4H3;1H/q+1;/p-1. The van der Waals surface area contributed by atoms with E-state index in [4.69, 9.17) is 14.2 Å². The highest BCUT2D eigenvalue weighted by molar-refractivity contribution is 4.48. The molecule has 0 amide bonds. The Bertz CT molecular complexity index is 343. The summed E-state index contributed by atoms with van der Waals surface area (Å²) >= 11 is 0. The highest BCUT2D eigenvalue weighted by atomic mass is 35.5. The summed E-state index contributed by atoms with van der Waals surface area (Å²) in [6.45, 7) is 15.3. The maximum atomic E-state index is 6.02. The monoisotopic (exact) mass is 535 g/mol. The smallest absolute Gasteiger partial charge is 0.102 e. The third kappa shape index (κ3) is 28.7. The molecule has 0 aliphatic rings. The topological polar surface area (TPSA) is 27.7 Å². The van der Waals surface area contributed by atoms with Gasteiger partial charge in [-0.2, -0.15) is 0 Å². The Morgan fingerprint density at radius 2 is 0.611 bits per heavy atom. The Labute approximate surface area is 233 Å². The highest BCUT2D eigenvalue weighted by Crippen LogP contribution is 2.09. The van der Waals surface area contributed by atoms with E-state index in [2.05, 4.69) is 27.8 Å². The molecular formula is C31H66ClNO3. The zero-order chi connectivity index (χ0) is 25.7. The van der Waals surface area contributed by atoms with Crippen LogP contribution in [0, 0.1) is 0 Å². The first-order valence-corrected chi connectivity index (χ1v) is 15.7. The molecule has 0 unspecified atom stereocenters.